The second-order valence-corrected chi connectivity index (χ2v) is 5.14. The van der Waals surface area contributed by atoms with E-state index < -0.39 is 0 Å². The average molecular weight is 300 g/mol. The Hall–Kier alpha value is -2.70. The molecule has 1 N–H and O–H groups in total. The minimum absolute atomic E-state index is 0.0999. The Bertz CT molecular complexity index is 681. The molecular weight excluding hydrogens is 284 g/mol. The first-order valence-corrected chi connectivity index (χ1v) is 7.15. The Balaban J connectivity index is 1.66. The van der Waals surface area contributed by atoms with Crippen LogP contribution in [-0.4, -0.2) is 45.2 Å². The minimum Gasteiger partial charge on any atom is -0.471 e. The first-order valence-electron chi connectivity index (χ1n) is 7.15. The quantitative estimate of drug-likeness (QED) is 0.908. The van der Waals surface area contributed by atoms with Crippen LogP contribution in [0.25, 0.3) is 0 Å². The van der Waals surface area contributed by atoms with E-state index in [1.807, 2.05) is 0 Å². The van der Waals surface area contributed by atoms with E-state index in [1.54, 1.807) is 23.2 Å². The molecule has 0 saturated carbocycles. The lowest BCUT2D eigenvalue weighted by atomic mass is 10.1. The zero-order valence-electron chi connectivity index (χ0n) is 11.9. The summed E-state index contributed by atoms with van der Waals surface area (Å²) in [6.45, 7) is 1.17. The van der Waals surface area contributed by atoms with E-state index >= 15 is 0 Å². The lowest BCUT2D eigenvalue weighted by molar-refractivity contribution is 0.0525. The molecule has 1 aliphatic rings. The van der Waals surface area contributed by atoms with E-state index in [4.69, 9.17) is 4.74 Å². The summed E-state index contributed by atoms with van der Waals surface area (Å²) in [7, 11) is 0. The van der Waals surface area contributed by atoms with Crippen molar-refractivity contribution in [2.75, 3.05) is 13.1 Å². The van der Waals surface area contributed by atoms with E-state index in [9.17, 15) is 9.59 Å². The number of carbonyl (C=O) groups is 1. The van der Waals surface area contributed by atoms with Gasteiger partial charge in [0.1, 0.15) is 6.10 Å². The van der Waals surface area contributed by atoms with Crippen LogP contribution in [0.5, 0.6) is 5.88 Å². The highest BCUT2D eigenvalue weighted by atomic mass is 16.5. The van der Waals surface area contributed by atoms with Gasteiger partial charge in [0.2, 0.25) is 11.4 Å². The van der Waals surface area contributed by atoms with Crippen LogP contribution in [-0.2, 0) is 0 Å². The number of rotatable bonds is 3. The van der Waals surface area contributed by atoms with Crippen LogP contribution in [0.15, 0.2) is 41.5 Å². The molecule has 114 valence electrons. The van der Waals surface area contributed by atoms with Gasteiger partial charge in [-0.1, -0.05) is 0 Å². The number of hydrogen-bond donors (Lipinski definition) is 1. The standard InChI is InChI=1S/C15H16N4O3/c20-13-6-5-11(9-16-13)15(21)19-8-2-3-12(10-19)22-14-4-1-7-17-18-14/h1,4-7,9,12H,2-3,8,10H2,(H,16,20). The van der Waals surface area contributed by atoms with Crippen LogP contribution in [0.2, 0.25) is 0 Å². The van der Waals surface area contributed by atoms with Crippen LogP contribution < -0.4 is 10.3 Å². The number of aromatic nitrogens is 3. The fourth-order valence-electron chi connectivity index (χ4n) is 2.47. The maximum Gasteiger partial charge on any atom is 0.255 e. The molecule has 7 heteroatoms. The summed E-state index contributed by atoms with van der Waals surface area (Å²) < 4.78 is 5.77. The van der Waals surface area contributed by atoms with Gasteiger partial charge in [0, 0.05) is 31.1 Å². The van der Waals surface area contributed by atoms with Crippen molar-refractivity contribution >= 4 is 5.91 Å². The minimum atomic E-state index is -0.223. The summed E-state index contributed by atoms with van der Waals surface area (Å²) in [5.41, 5.74) is 0.249. The van der Waals surface area contributed by atoms with Crippen LogP contribution in [0.3, 0.4) is 0 Å². The predicted octanol–water partition coefficient (Wildman–Crippen LogP) is 0.848. The molecule has 2 aromatic heterocycles. The van der Waals surface area contributed by atoms with Gasteiger partial charge in [-0.25, -0.2) is 0 Å². The van der Waals surface area contributed by atoms with Crippen molar-refractivity contribution < 1.29 is 9.53 Å². The van der Waals surface area contributed by atoms with Crippen molar-refractivity contribution in [2.45, 2.75) is 18.9 Å². The lowest BCUT2D eigenvalue weighted by Crippen LogP contribution is -2.44. The number of ether oxygens (including phenoxy) is 1. The Morgan fingerprint density at radius 2 is 2.27 bits per heavy atom. The number of likely N-dealkylation sites (tertiary alicyclic amines) is 1. The number of nitrogens with one attached hydrogen (secondary N) is 1. The van der Waals surface area contributed by atoms with Gasteiger partial charge in [-0.2, -0.15) is 5.10 Å². The monoisotopic (exact) mass is 300 g/mol. The molecule has 22 heavy (non-hydrogen) atoms. The van der Waals surface area contributed by atoms with Gasteiger partial charge < -0.3 is 14.6 Å². The first kappa shape index (κ1) is 14.2. The zero-order chi connectivity index (χ0) is 15.4. The zero-order valence-corrected chi connectivity index (χ0v) is 11.9. The molecule has 0 spiro atoms. The second kappa shape index (κ2) is 6.38. The lowest BCUT2D eigenvalue weighted by Gasteiger charge is -2.32. The van der Waals surface area contributed by atoms with E-state index in [1.165, 1.54) is 18.3 Å². The van der Waals surface area contributed by atoms with Crippen LogP contribution in [0.1, 0.15) is 23.2 Å². The highest BCUT2D eigenvalue weighted by Crippen LogP contribution is 2.17. The number of aromatic amines is 1. The summed E-state index contributed by atoms with van der Waals surface area (Å²) in [6, 6.07) is 6.39. The SMILES string of the molecule is O=C(c1ccc(=O)[nH]c1)N1CCCC(Oc2cccnn2)C1. The molecule has 3 heterocycles. The topological polar surface area (TPSA) is 88.2 Å². The van der Waals surface area contributed by atoms with Crippen LogP contribution >= 0.6 is 0 Å². The maximum atomic E-state index is 12.4. The van der Waals surface area contributed by atoms with Gasteiger partial charge >= 0.3 is 0 Å². The van der Waals surface area contributed by atoms with Crippen LogP contribution in [0, 0.1) is 0 Å². The number of hydrogen-bond acceptors (Lipinski definition) is 5. The molecule has 1 aliphatic heterocycles. The van der Waals surface area contributed by atoms with Gasteiger partial charge in [-0.3, -0.25) is 9.59 Å². The van der Waals surface area contributed by atoms with Crippen molar-refractivity contribution in [3.8, 4) is 5.88 Å². The highest BCUT2D eigenvalue weighted by molar-refractivity contribution is 5.93. The molecule has 1 amide bonds. The third-order valence-corrected chi connectivity index (χ3v) is 3.53. The first-order chi connectivity index (χ1) is 10.7. The smallest absolute Gasteiger partial charge is 0.255 e. The summed E-state index contributed by atoms with van der Waals surface area (Å²) in [5.74, 6) is 0.356. The normalized spacial score (nSPS) is 18.0. The summed E-state index contributed by atoms with van der Waals surface area (Å²) >= 11 is 0. The maximum absolute atomic E-state index is 12.4. The van der Waals surface area contributed by atoms with E-state index in [0.29, 0.717) is 24.5 Å². The number of pyridine rings is 1. The molecule has 0 aliphatic carbocycles. The van der Waals surface area contributed by atoms with Gasteiger partial charge in [-0.15, -0.1) is 5.10 Å². The number of nitrogens with zero attached hydrogens (tertiary/aromatic N) is 3. The Kier molecular flexibility index (Phi) is 4.13. The van der Waals surface area contributed by atoms with E-state index in [-0.39, 0.29) is 17.6 Å². The fourth-order valence-corrected chi connectivity index (χ4v) is 2.47. The molecule has 0 bridgehead atoms. The van der Waals surface area contributed by atoms with Crippen molar-refractivity contribution in [3.05, 3.63) is 52.6 Å². The van der Waals surface area contributed by atoms with Crippen molar-refractivity contribution in [1.82, 2.24) is 20.1 Å². The third kappa shape index (κ3) is 3.30. The summed E-state index contributed by atoms with van der Waals surface area (Å²) in [5, 5.41) is 7.67. The molecule has 3 rings (SSSR count). The van der Waals surface area contributed by atoms with Gasteiger partial charge in [0.25, 0.3) is 5.91 Å². The third-order valence-electron chi connectivity index (χ3n) is 3.53. The number of piperidine rings is 1. The molecule has 7 nitrogen and oxygen atoms in total. The molecule has 1 fully saturated rings. The molecule has 0 radical (unpaired) electrons. The van der Waals surface area contributed by atoms with Crippen molar-refractivity contribution in [3.63, 3.8) is 0 Å². The Morgan fingerprint density at radius 1 is 1.36 bits per heavy atom. The Morgan fingerprint density at radius 3 is 3.00 bits per heavy atom. The largest absolute Gasteiger partial charge is 0.471 e. The predicted molar refractivity (Wildman–Crippen MR) is 78.6 cm³/mol. The van der Waals surface area contributed by atoms with Crippen molar-refractivity contribution in [2.24, 2.45) is 0 Å². The fraction of sp³-hybridized carbons (Fsp3) is 0.333. The van der Waals surface area contributed by atoms with E-state index in [2.05, 4.69) is 15.2 Å². The Labute approximate surface area is 126 Å². The summed E-state index contributed by atoms with van der Waals surface area (Å²) in [6.07, 6.45) is 4.65. The molecule has 2 aromatic rings. The molecule has 0 aromatic carbocycles. The highest BCUT2D eigenvalue weighted by Gasteiger charge is 2.26. The van der Waals surface area contributed by atoms with E-state index in [0.717, 1.165) is 12.8 Å². The average Bonchev–Trinajstić information content (AvgIpc) is 2.56. The van der Waals surface area contributed by atoms with Gasteiger partial charge in [-0.05, 0) is 25.0 Å². The molecule has 1 atom stereocenters. The van der Waals surface area contributed by atoms with Gasteiger partial charge in [0.15, 0.2) is 0 Å². The number of H-pyrrole nitrogens is 1. The molecule has 1 saturated heterocycles. The second-order valence-electron chi connectivity index (χ2n) is 5.14. The van der Waals surface area contributed by atoms with Crippen LogP contribution in [0.4, 0.5) is 0 Å². The van der Waals surface area contributed by atoms with Crippen molar-refractivity contribution in [1.29, 1.82) is 0 Å². The van der Waals surface area contributed by atoms with Gasteiger partial charge in [0.05, 0.1) is 12.1 Å². The summed E-state index contributed by atoms with van der Waals surface area (Å²) in [4.78, 5) is 27.7. The number of carbonyl (C=O) groups excluding carboxylic acids is 1. The number of amides is 1. The molecule has 1 unspecified atom stereocenters. The molecular formula is C15H16N4O3.